The standard InChI is InChI=1S/C18H19F3N4O6S2/c1-10-14(15(26)22-2)32-17(23-10)24-7-8-25(13(9-24)16(27)28)33(29,30)12-5-3-11(4-6-12)31-18(19,20)21/h3-6,13H,7-9H2,1-2H3,(H,22,26)(H,27,28)/t13-/m1/s1. The molecule has 0 bridgehead atoms. The van der Waals surface area contributed by atoms with Gasteiger partial charge in [-0.3, -0.25) is 9.59 Å². The summed E-state index contributed by atoms with van der Waals surface area (Å²) in [5.41, 5.74) is 0.456. The number of nitrogens with one attached hydrogen (secondary N) is 1. The van der Waals surface area contributed by atoms with E-state index in [1.807, 2.05) is 0 Å². The Balaban J connectivity index is 1.83. The summed E-state index contributed by atoms with van der Waals surface area (Å²) in [4.78, 5) is 29.7. The van der Waals surface area contributed by atoms with Gasteiger partial charge in [-0.2, -0.15) is 4.31 Å². The van der Waals surface area contributed by atoms with Crippen LogP contribution in [0.15, 0.2) is 29.2 Å². The van der Waals surface area contributed by atoms with Gasteiger partial charge in [-0.05, 0) is 31.2 Å². The molecule has 1 aliphatic rings. The lowest BCUT2D eigenvalue weighted by molar-refractivity contribution is -0.274. The van der Waals surface area contributed by atoms with Crippen molar-refractivity contribution in [1.29, 1.82) is 0 Å². The number of carboxylic acid groups (broad SMARTS) is 1. The van der Waals surface area contributed by atoms with Gasteiger partial charge in [0.1, 0.15) is 16.7 Å². The molecule has 15 heteroatoms. The fourth-order valence-corrected chi connectivity index (χ4v) is 5.83. The molecule has 0 radical (unpaired) electrons. The molecule has 1 saturated heterocycles. The Morgan fingerprint density at radius 1 is 1.24 bits per heavy atom. The number of piperazine rings is 1. The smallest absolute Gasteiger partial charge is 0.480 e. The van der Waals surface area contributed by atoms with Crippen LogP contribution >= 0.6 is 11.3 Å². The number of hydrogen-bond acceptors (Lipinski definition) is 8. The first kappa shape index (κ1) is 24.7. The van der Waals surface area contributed by atoms with Gasteiger partial charge in [0.2, 0.25) is 10.0 Å². The van der Waals surface area contributed by atoms with Gasteiger partial charge in [-0.1, -0.05) is 11.3 Å². The Morgan fingerprint density at radius 2 is 1.88 bits per heavy atom. The highest BCUT2D eigenvalue weighted by atomic mass is 32.2. The minimum absolute atomic E-state index is 0.0957. The Labute approximate surface area is 190 Å². The molecule has 2 N–H and O–H groups in total. The fourth-order valence-electron chi connectivity index (χ4n) is 3.22. The lowest BCUT2D eigenvalue weighted by Gasteiger charge is -2.38. The van der Waals surface area contributed by atoms with Crippen LogP contribution in [0.4, 0.5) is 18.3 Å². The number of carbonyl (C=O) groups excluding carboxylic acids is 1. The SMILES string of the molecule is CNC(=O)c1sc(N2CCN(S(=O)(=O)c3ccc(OC(F)(F)F)cc3)[C@@H](C(=O)O)C2)nc1C. The van der Waals surface area contributed by atoms with Gasteiger partial charge in [0.15, 0.2) is 5.13 Å². The highest BCUT2D eigenvalue weighted by Gasteiger charge is 2.41. The number of carbonyl (C=O) groups is 2. The van der Waals surface area contributed by atoms with Crippen molar-refractivity contribution in [3.05, 3.63) is 34.8 Å². The summed E-state index contributed by atoms with van der Waals surface area (Å²) in [5.74, 6) is -2.35. The Hall–Kier alpha value is -2.91. The van der Waals surface area contributed by atoms with Crippen LogP contribution < -0.4 is 15.0 Å². The van der Waals surface area contributed by atoms with Gasteiger partial charge in [0, 0.05) is 26.7 Å². The van der Waals surface area contributed by atoms with Gasteiger partial charge in [0.25, 0.3) is 5.91 Å². The first-order valence-electron chi connectivity index (χ1n) is 9.38. The molecule has 0 unspecified atom stereocenters. The van der Waals surface area contributed by atoms with Crippen molar-refractivity contribution in [1.82, 2.24) is 14.6 Å². The van der Waals surface area contributed by atoms with Crippen molar-refractivity contribution < 1.29 is 41.0 Å². The van der Waals surface area contributed by atoms with Crippen molar-refractivity contribution >= 4 is 38.4 Å². The van der Waals surface area contributed by atoms with E-state index in [-0.39, 0.29) is 30.4 Å². The van der Waals surface area contributed by atoms with Crippen molar-refractivity contribution in [3.63, 3.8) is 0 Å². The second-order valence-electron chi connectivity index (χ2n) is 6.93. The van der Waals surface area contributed by atoms with E-state index in [9.17, 15) is 36.3 Å². The number of rotatable bonds is 6. The molecule has 0 spiro atoms. The number of sulfonamides is 1. The number of halogens is 3. The van der Waals surface area contributed by atoms with Crippen LogP contribution in [0.25, 0.3) is 0 Å². The Bertz CT molecular complexity index is 1150. The zero-order valence-corrected chi connectivity index (χ0v) is 18.9. The first-order valence-corrected chi connectivity index (χ1v) is 11.6. The number of thiazole rings is 1. The van der Waals surface area contributed by atoms with Crippen molar-refractivity contribution in [2.45, 2.75) is 24.2 Å². The molecule has 2 aromatic rings. The molecule has 180 valence electrons. The molecule has 0 aliphatic carbocycles. The zero-order valence-electron chi connectivity index (χ0n) is 17.3. The molecule has 3 rings (SSSR count). The minimum atomic E-state index is -4.93. The number of ether oxygens (including phenoxy) is 1. The summed E-state index contributed by atoms with van der Waals surface area (Å²) in [6.07, 6.45) is -4.93. The summed E-state index contributed by atoms with van der Waals surface area (Å²) in [5, 5.41) is 12.5. The fraction of sp³-hybridized carbons (Fsp3) is 0.389. The molecule has 33 heavy (non-hydrogen) atoms. The van der Waals surface area contributed by atoms with E-state index in [1.165, 1.54) is 7.05 Å². The quantitative estimate of drug-likeness (QED) is 0.603. The van der Waals surface area contributed by atoms with Crippen molar-refractivity contribution in [2.75, 3.05) is 31.6 Å². The number of benzene rings is 1. The first-order chi connectivity index (χ1) is 15.3. The van der Waals surface area contributed by atoms with Gasteiger partial charge in [-0.25, -0.2) is 13.4 Å². The third kappa shape index (κ3) is 5.36. The van der Waals surface area contributed by atoms with E-state index in [1.54, 1.807) is 11.8 Å². The van der Waals surface area contributed by atoms with E-state index in [0.29, 0.717) is 15.7 Å². The molecular formula is C18H19F3N4O6S2. The van der Waals surface area contributed by atoms with Crippen molar-refractivity contribution in [3.8, 4) is 5.75 Å². The number of aryl methyl sites for hydroxylation is 1. The predicted octanol–water partition coefficient (Wildman–Crippen LogP) is 1.67. The summed E-state index contributed by atoms with van der Waals surface area (Å²) < 4.78 is 67.6. The third-order valence-electron chi connectivity index (χ3n) is 4.77. The number of carboxylic acids is 1. The second kappa shape index (κ2) is 9.15. The summed E-state index contributed by atoms with van der Waals surface area (Å²) in [6.45, 7) is 1.28. The molecule has 1 aliphatic heterocycles. The number of hydrogen-bond donors (Lipinski definition) is 2. The van der Waals surface area contributed by atoms with Gasteiger partial charge < -0.3 is 20.1 Å². The zero-order chi connectivity index (χ0) is 24.6. The van der Waals surface area contributed by atoms with Gasteiger partial charge in [-0.15, -0.1) is 13.2 Å². The lowest BCUT2D eigenvalue weighted by atomic mass is 10.2. The Morgan fingerprint density at radius 3 is 2.42 bits per heavy atom. The highest BCUT2D eigenvalue weighted by molar-refractivity contribution is 7.89. The second-order valence-corrected chi connectivity index (χ2v) is 9.79. The number of anilines is 1. The topological polar surface area (TPSA) is 129 Å². The summed E-state index contributed by atoms with van der Waals surface area (Å²) in [6, 6.07) is 2.03. The monoisotopic (exact) mass is 508 g/mol. The van der Waals surface area contributed by atoms with E-state index >= 15 is 0 Å². The van der Waals surface area contributed by atoms with E-state index in [0.717, 1.165) is 39.9 Å². The van der Waals surface area contributed by atoms with E-state index < -0.39 is 34.1 Å². The van der Waals surface area contributed by atoms with Crippen LogP contribution in [0.5, 0.6) is 5.75 Å². The lowest BCUT2D eigenvalue weighted by Crippen LogP contribution is -2.58. The number of nitrogens with zero attached hydrogens (tertiary/aromatic N) is 3. The normalized spacial score (nSPS) is 17.6. The van der Waals surface area contributed by atoms with Crippen LogP contribution in [0.1, 0.15) is 15.4 Å². The van der Waals surface area contributed by atoms with Crippen LogP contribution in [0.2, 0.25) is 0 Å². The molecule has 2 heterocycles. The number of aromatic nitrogens is 1. The minimum Gasteiger partial charge on any atom is -0.480 e. The summed E-state index contributed by atoms with van der Waals surface area (Å²) >= 11 is 1.06. The van der Waals surface area contributed by atoms with Crippen LogP contribution in [0, 0.1) is 6.92 Å². The van der Waals surface area contributed by atoms with Crippen LogP contribution in [0.3, 0.4) is 0 Å². The molecule has 1 aromatic heterocycles. The molecule has 1 atom stereocenters. The molecule has 1 amide bonds. The number of amides is 1. The van der Waals surface area contributed by atoms with Crippen molar-refractivity contribution in [2.24, 2.45) is 0 Å². The maximum atomic E-state index is 13.0. The van der Waals surface area contributed by atoms with Gasteiger partial charge >= 0.3 is 12.3 Å². The van der Waals surface area contributed by atoms with E-state index in [4.69, 9.17) is 0 Å². The molecule has 1 aromatic carbocycles. The maximum absolute atomic E-state index is 13.0. The molecule has 10 nitrogen and oxygen atoms in total. The largest absolute Gasteiger partial charge is 0.573 e. The Kier molecular flexibility index (Phi) is 6.85. The summed E-state index contributed by atoms with van der Waals surface area (Å²) in [7, 11) is -2.87. The number of alkyl halides is 3. The predicted molar refractivity (Wildman–Crippen MR) is 111 cm³/mol. The average molecular weight is 509 g/mol. The molecule has 0 saturated carbocycles. The third-order valence-corrected chi connectivity index (χ3v) is 7.91. The van der Waals surface area contributed by atoms with E-state index in [2.05, 4.69) is 15.0 Å². The molecular weight excluding hydrogens is 489 g/mol. The van der Waals surface area contributed by atoms with Crippen LogP contribution in [-0.4, -0.2) is 73.8 Å². The molecule has 1 fully saturated rings. The van der Waals surface area contributed by atoms with Crippen LogP contribution in [-0.2, 0) is 14.8 Å². The number of aliphatic carboxylic acids is 1. The highest BCUT2D eigenvalue weighted by Crippen LogP contribution is 2.31. The average Bonchev–Trinajstić information content (AvgIpc) is 3.13. The van der Waals surface area contributed by atoms with Gasteiger partial charge in [0.05, 0.1) is 10.6 Å². The maximum Gasteiger partial charge on any atom is 0.573 e.